The Morgan fingerprint density at radius 2 is 2.39 bits per heavy atom. The van der Waals surface area contributed by atoms with Crippen LogP contribution in [0.5, 0.6) is 5.75 Å². The maximum absolute atomic E-state index is 5.78. The second kappa shape index (κ2) is 4.59. The normalized spacial score (nSPS) is 20.2. The third kappa shape index (κ3) is 1.85. The van der Waals surface area contributed by atoms with Crippen molar-refractivity contribution in [2.24, 2.45) is 7.05 Å². The Morgan fingerprint density at radius 3 is 3.11 bits per heavy atom. The molecule has 1 aromatic heterocycles. The number of methoxy groups -OCH3 is 1. The fourth-order valence-corrected chi connectivity index (χ4v) is 2.38. The minimum absolute atomic E-state index is 0.0227. The molecule has 1 unspecified atom stereocenters. The first-order chi connectivity index (χ1) is 8.79. The number of rotatable bonds is 2. The van der Waals surface area contributed by atoms with Gasteiger partial charge < -0.3 is 14.8 Å². The average molecular weight is 247 g/mol. The first kappa shape index (κ1) is 11.5. The number of morpholine rings is 1. The van der Waals surface area contributed by atoms with Crippen LogP contribution in [0.4, 0.5) is 0 Å². The molecule has 5 nitrogen and oxygen atoms in total. The number of aromatic nitrogens is 2. The molecule has 5 heteroatoms. The summed E-state index contributed by atoms with van der Waals surface area (Å²) in [6.07, 6.45) is 0.0227. The number of aryl methyl sites for hydroxylation is 1. The molecule has 0 aliphatic carbocycles. The average Bonchev–Trinajstić information content (AvgIpc) is 2.76. The first-order valence-corrected chi connectivity index (χ1v) is 6.12. The fourth-order valence-electron chi connectivity index (χ4n) is 2.38. The lowest BCUT2D eigenvalue weighted by Gasteiger charge is -2.22. The van der Waals surface area contributed by atoms with E-state index in [1.165, 1.54) is 0 Å². The molecule has 2 aromatic rings. The van der Waals surface area contributed by atoms with E-state index < -0.39 is 0 Å². The predicted molar refractivity (Wildman–Crippen MR) is 68.8 cm³/mol. The van der Waals surface area contributed by atoms with E-state index in [0.29, 0.717) is 0 Å². The standard InChI is InChI=1S/C13H17N3O2/c1-16-11-4-3-9(17-2)7-10(11)13(15-16)12-8-14-5-6-18-12/h3-4,7,12,14H,5-6,8H2,1-2H3. The Hall–Kier alpha value is -1.59. The highest BCUT2D eigenvalue weighted by Gasteiger charge is 2.22. The Bertz CT molecular complexity index is 559. The van der Waals surface area contributed by atoms with E-state index in [1.807, 2.05) is 29.9 Å². The Morgan fingerprint density at radius 1 is 1.50 bits per heavy atom. The topological polar surface area (TPSA) is 48.3 Å². The van der Waals surface area contributed by atoms with Crippen molar-refractivity contribution in [3.05, 3.63) is 23.9 Å². The summed E-state index contributed by atoms with van der Waals surface area (Å²) >= 11 is 0. The maximum atomic E-state index is 5.78. The van der Waals surface area contributed by atoms with Crippen LogP contribution in [-0.4, -0.2) is 36.6 Å². The first-order valence-electron chi connectivity index (χ1n) is 6.12. The zero-order valence-electron chi connectivity index (χ0n) is 10.6. The highest BCUT2D eigenvalue weighted by Crippen LogP contribution is 2.29. The minimum atomic E-state index is 0.0227. The van der Waals surface area contributed by atoms with Crippen molar-refractivity contribution in [1.82, 2.24) is 15.1 Å². The number of nitrogens with zero attached hydrogens (tertiary/aromatic N) is 2. The second-order valence-corrected chi connectivity index (χ2v) is 4.46. The summed E-state index contributed by atoms with van der Waals surface area (Å²) in [4.78, 5) is 0. The molecule has 18 heavy (non-hydrogen) atoms. The smallest absolute Gasteiger partial charge is 0.119 e. The monoisotopic (exact) mass is 247 g/mol. The van der Waals surface area contributed by atoms with Crippen LogP contribution in [0.25, 0.3) is 10.9 Å². The van der Waals surface area contributed by atoms with Crippen LogP contribution in [0, 0.1) is 0 Å². The van der Waals surface area contributed by atoms with Gasteiger partial charge in [-0.05, 0) is 18.2 Å². The molecule has 1 aromatic carbocycles. The quantitative estimate of drug-likeness (QED) is 0.867. The van der Waals surface area contributed by atoms with Gasteiger partial charge in [0.25, 0.3) is 0 Å². The number of hydrogen-bond acceptors (Lipinski definition) is 4. The molecule has 0 saturated carbocycles. The van der Waals surface area contributed by atoms with Gasteiger partial charge in [-0.1, -0.05) is 0 Å². The van der Waals surface area contributed by atoms with E-state index in [9.17, 15) is 0 Å². The van der Waals surface area contributed by atoms with Gasteiger partial charge in [0.1, 0.15) is 17.5 Å². The molecule has 0 radical (unpaired) electrons. The molecule has 0 spiro atoms. The third-order valence-electron chi connectivity index (χ3n) is 3.32. The Labute approximate surface area is 106 Å². The van der Waals surface area contributed by atoms with Crippen LogP contribution in [0.2, 0.25) is 0 Å². The molecule has 0 bridgehead atoms. The van der Waals surface area contributed by atoms with Gasteiger partial charge in [0.05, 0.1) is 19.2 Å². The van der Waals surface area contributed by atoms with Gasteiger partial charge in [0.15, 0.2) is 0 Å². The SMILES string of the molecule is COc1ccc2c(c1)c(C1CNCCO1)nn2C. The van der Waals surface area contributed by atoms with Gasteiger partial charge in [-0.3, -0.25) is 4.68 Å². The van der Waals surface area contributed by atoms with Crippen molar-refractivity contribution in [2.75, 3.05) is 26.8 Å². The molecule has 1 atom stereocenters. The molecule has 96 valence electrons. The summed E-state index contributed by atoms with van der Waals surface area (Å²) in [6.45, 7) is 2.45. The summed E-state index contributed by atoms with van der Waals surface area (Å²) < 4.78 is 13.0. The Balaban J connectivity index is 2.09. The molecular weight excluding hydrogens is 230 g/mol. The fraction of sp³-hybridized carbons (Fsp3) is 0.462. The molecule has 1 saturated heterocycles. The number of benzene rings is 1. The summed E-state index contributed by atoms with van der Waals surface area (Å²) in [5.41, 5.74) is 2.08. The van der Waals surface area contributed by atoms with Crippen molar-refractivity contribution < 1.29 is 9.47 Å². The van der Waals surface area contributed by atoms with Crippen molar-refractivity contribution in [3.63, 3.8) is 0 Å². The van der Waals surface area contributed by atoms with Gasteiger partial charge in [-0.25, -0.2) is 0 Å². The summed E-state index contributed by atoms with van der Waals surface area (Å²) in [6, 6.07) is 6.00. The third-order valence-corrected chi connectivity index (χ3v) is 3.32. The van der Waals surface area contributed by atoms with Crippen molar-refractivity contribution in [2.45, 2.75) is 6.10 Å². The second-order valence-electron chi connectivity index (χ2n) is 4.46. The zero-order chi connectivity index (χ0) is 12.5. The van der Waals surface area contributed by atoms with Gasteiger partial charge in [-0.15, -0.1) is 0 Å². The number of ether oxygens (including phenoxy) is 2. The largest absolute Gasteiger partial charge is 0.497 e. The highest BCUT2D eigenvalue weighted by molar-refractivity contribution is 5.83. The molecule has 0 amide bonds. The number of nitrogens with one attached hydrogen (secondary N) is 1. The molecule has 3 rings (SSSR count). The van der Waals surface area contributed by atoms with Crippen LogP contribution in [0.15, 0.2) is 18.2 Å². The van der Waals surface area contributed by atoms with E-state index in [-0.39, 0.29) is 6.10 Å². The van der Waals surface area contributed by atoms with Crippen molar-refractivity contribution >= 4 is 10.9 Å². The molecule has 1 aliphatic rings. The lowest BCUT2D eigenvalue weighted by Crippen LogP contribution is -2.33. The molecule has 1 aliphatic heterocycles. The molecule has 1 fully saturated rings. The van der Waals surface area contributed by atoms with E-state index in [4.69, 9.17) is 9.47 Å². The summed E-state index contributed by atoms with van der Waals surface area (Å²) in [5.74, 6) is 0.848. The van der Waals surface area contributed by atoms with Crippen molar-refractivity contribution in [3.8, 4) is 5.75 Å². The van der Waals surface area contributed by atoms with Crippen LogP contribution >= 0.6 is 0 Å². The lowest BCUT2D eigenvalue weighted by atomic mass is 10.1. The van der Waals surface area contributed by atoms with Gasteiger partial charge in [-0.2, -0.15) is 5.10 Å². The van der Waals surface area contributed by atoms with Gasteiger partial charge in [0.2, 0.25) is 0 Å². The van der Waals surface area contributed by atoms with Gasteiger partial charge in [0, 0.05) is 25.5 Å². The van der Waals surface area contributed by atoms with E-state index >= 15 is 0 Å². The van der Waals surface area contributed by atoms with Crippen LogP contribution < -0.4 is 10.1 Å². The summed E-state index contributed by atoms with van der Waals surface area (Å²) in [5, 5.41) is 9.02. The summed E-state index contributed by atoms with van der Waals surface area (Å²) in [7, 11) is 3.63. The zero-order valence-corrected chi connectivity index (χ0v) is 10.6. The predicted octanol–water partition coefficient (Wildman–Crippen LogP) is 1.24. The van der Waals surface area contributed by atoms with Crippen molar-refractivity contribution in [1.29, 1.82) is 0 Å². The highest BCUT2D eigenvalue weighted by atomic mass is 16.5. The van der Waals surface area contributed by atoms with E-state index in [2.05, 4.69) is 10.4 Å². The van der Waals surface area contributed by atoms with Crippen LogP contribution in [-0.2, 0) is 11.8 Å². The number of fused-ring (bicyclic) bond motifs is 1. The molecule has 1 N–H and O–H groups in total. The molecule has 2 heterocycles. The number of hydrogen-bond donors (Lipinski definition) is 1. The van der Waals surface area contributed by atoms with E-state index in [0.717, 1.165) is 42.0 Å². The molecular formula is C13H17N3O2. The van der Waals surface area contributed by atoms with E-state index in [1.54, 1.807) is 7.11 Å². The van der Waals surface area contributed by atoms with Crippen LogP contribution in [0.3, 0.4) is 0 Å². The van der Waals surface area contributed by atoms with Crippen LogP contribution in [0.1, 0.15) is 11.8 Å². The minimum Gasteiger partial charge on any atom is -0.497 e. The maximum Gasteiger partial charge on any atom is 0.119 e. The van der Waals surface area contributed by atoms with Gasteiger partial charge >= 0.3 is 0 Å². The lowest BCUT2D eigenvalue weighted by molar-refractivity contribution is 0.0255. The Kier molecular flexibility index (Phi) is 2.93.